The lowest BCUT2D eigenvalue weighted by Gasteiger charge is -2.17. The fraction of sp³-hybridized carbons (Fsp3) is 0.0377. The van der Waals surface area contributed by atoms with Crippen LogP contribution in [0.2, 0.25) is 0 Å². The van der Waals surface area contributed by atoms with Crippen molar-refractivity contribution in [3.05, 3.63) is 217 Å². The lowest BCUT2D eigenvalue weighted by atomic mass is 9.90. The van der Waals surface area contributed by atoms with Gasteiger partial charge in [0.2, 0.25) is 0 Å². The first kappa shape index (κ1) is 34.1. The molecule has 0 aliphatic carbocycles. The standard InChI is InChI=1S/C53H38N4/c1-36-29-30-44(57-49-27-15-13-25-46(49)47-26-14-16-28-50(47)57)35-48(36)45-24-12-11-23-41(45)31-37-32-42(38-17-5-2-6-18-38)34-43(33-37)53-55-51(39-19-7-3-8-20-39)54-52(56-53)40-21-9-4-10-22-40/h2-30,32-35H,31H2,1H3. The van der Waals surface area contributed by atoms with Crippen molar-refractivity contribution in [1.29, 1.82) is 0 Å². The van der Waals surface area contributed by atoms with Gasteiger partial charge in [0.15, 0.2) is 17.5 Å². The van der Waals surface area contributed by atoms with Gasteiger partial charge in [0.05, 0.1) is 11.0 Å². The van der Waals surface area contributed by atoms with E-state index < -0.39 is 0 Å². The number of hydrogen-bond donors (Lipinski definition) is 0. The zero-order valence-electron chi connectivity index (χ0n) is 31.5. The van der Waals surface area contributed by atoms with Crippen LogP contribution >= 0.6 is 0 Å². The monoisotopic (exact) mass is 730 g/mol. The van der Waals surface area contributed by atoms with Crippen LogP contribution in [-0.2, 0) is 6.42 Å². The van der Waals surface area contributed by atoms with E-state index in [0.29, 0.717) is 17.5 Å². The molecule has 0 radical (unpaired) electrons. The highest BCUT2D eigenvalue weighted by Gasteiger charge is 2.17. The number of hydrogen-bond acceptors (Lipinski definition) is 3. The van der Waals surface area contributed by atoms with E-state index in [9.17, 15) is 0 Å². The SMILES string of the molecule is Cc1ccc(-n2c3ccccc3c3ccccc32)cc1-c1ccccc1Cc1cc(-c2ccccc2)cc(-c2nc(-c3ccccc3)nc(-c3ccccc3)n2)c1. The summed E-state index contributed by atoms with van der Waals surface area (Å²) in [6.45, 7) is 2.21. The van der Waals surface area contributed by atoms with E-state index in [2.05, 4.69) is 175 Å². The molecular formula is C53H38N4. The van der Waals surface area contributed by atoms with Gasteiger partial charge in [-0.05, 0) is 88.7 Å². The van der Waals surface area contributed by atoms with E-state index in [4.69, 9.17) is 15.0 Å². The molecule has 0 saturated heterocycles. The largest absolute Gasteiger partial charge is 0.309 e. The summed E-state index contributed by atoms with van der Waals surface area (Å²) < 4.78 is 2.40. The average Bonchev–Trinajstić information content (AvgIpc) is 3.62. The molecule has 0 unspecified atom stereocenters. The first-order valence-electron chi connectivity index (χ1n) is 19.4. The second-order valence-corrected chi connectivity index (χ2v) is 14.5. The summed E-state index contributed by atoms with van der Waals surface area (Å²) in [6.07, 6.45) is 0.727. The molecule has 10 rings (SSSR count). The van der Waals surface area contributed by atoms with Crippen molar-refractivity contribution in [2.24, 2.45) is 0 Å². The third-order valence-electron chi connectivity index (χ3n) is 10.8. The van der Waals surface area contributed by atoms with Gasteiger partial charge in [-0.25, -0.2) is 15.0 Å². The number of para-hydroxylation sites is 2. The van der Waals surface area contributed by atoms with Crippen molar-refractivity contribution in [2.45, 2.75) is 13.3 Å². The molecule has 4 heteroatoms. The average molecular weight is 731 g/mol. The maximum Gasteiger partial charge on any atom is 0.164 e. The summed E-state index contributed by atoms with van der Waals surface area (Å²) in [4.78, 5) is 15.2. The van der Waals surface area contributed by atoms with Gasteiger partial charge in [0.1, 0.15) is 0 Å². The molecule has 0 bridgehead atoms. The lowest BCUT2D eigenvalue weighted by molar-refractivity contribution is 1.07. The number of nitrogens with zero attached hydrogens (tertiary/aromatic N) is 4. The Labute approximate surface area is 332 Å². The number of aryl methyl sites for hydroxylation is 1. The zero-order valence-corrected chi connectivity index (χ0v) is 31.5. The van der Waals surface area contributed by atoms with Gasteiger partial charge in [0, 0.05) is 33.2 Å². The molecule has 0 spiro atoms. The van der Waals surface area contributed by atoms with Crippen LogP contribution in [0.1, 0.15) is 16.7 Å². The second-order valence-electron chi connectivity index (χ2n) is 14.5. The predicted molar refractivity (Wildman–Crippen MR) is 235 cm³/mol. The Hall–Kier alpha value is -7.43. The molecule has 2 heterocycles. The third-order valence-corrected chi connectivity index (χ3v) is 10.8. The topological polar surface area (TPSA) is 43.6 Å². The van der Waals surface area contributed by atoms with Crippen LogP contribution in [0, 0.1) is 6.92 Å². The molecular weight excluding hydrogens is 693 g/mol. The van der Waals surface area contributed by atoms with Crippen molar-refractivity contribution in [3.8, 4) is 62.1 Å². The van der Waals surface area contributed by atoms with Gasteiger partial charge in [-0.3, -0.25) is 0 Å². The van der Waals surface area contributed by atoms with Gasteiger partial charge in [-0.15, -0.1) is 0 Å². The molecule has 8 aromatic carbocycles. The first-order valence-corrected chi connectivity index (χ1v) is 19.4. The Morgan fingerprint density at radius 1 is 0.386 bits per heavy atom. The Morgan fingerprint density at radius 3 is 1.49 bits per heavy atom. The first-order chi connectivity index (χ1) is 28.2. The predicted octanol–water partition coefficient (Wildman–Crippen LogP) is 13.2. The summed E-state index contributed by atoms with van der Waals surface area (Å²) in [6, 6.07) is 70.7. The highest BCUT2D eigenvalue weighted by atomic mass is 15.0. The van der Waals surface area contributed by atoms with Crippen molar-refractivity contribution in [1.82, 2.24) is 19.5 Å². The summed E-state index contributed by atoms with van der Waals surface area (Å²) in [5.74, 6) is 1.94. The second kappa shape index (κ2) is 14.7. The Bertz CT molecular complexity index is 2930. The van der Waals surface area contributed by atoms with Crippen molar-refractivity contribution in [2.75, 3.05) is 0 Å². The summed E-state index contributed by atoms with van der Waals surface area (Å²) in [5.41, 5.74) is 14.8. The molecule has 270 valence electrons. The lowest BCUT2D eigenvalue weighted by Crippen LogP contribution is -2.01. The van der Waals surface area contributed by atoms with Gasteiger partial charge < -0.3 is 4.57 Å². The molecule has 10 aromatic rings. The van der Waals surface area contributed by atoms with Gasteiger partial charge in [-0.2, -0.15) is 0 Å². The molecule has 0 atom stereocenters. The van der Waals surface area contributed by atoms with Crippen LogP contribution < -0.4 is 0 Å². The van der Waals surface area contributed by atoms with Gasteiger partial charge in [0.25, 0.3) is 0 Å². The van der Waals surface area contributed by atoms with Crippen LogP contribution in [0.15, 0.2) is 200 Å². The van der Waals surface area contributed by atoms with Crippen molar-refractivity contribution in [3.63, 3.8) is 0 Å². The Balaban J connectivity index is 1.11. The Morgan fingerprint density at radius 2 is 0.877 bits per heavy atom. The van der Waals surface area contributed by atoms with E-state index in [0.717, 1.165) is 39.9 Å². The summed E-state index contributed by atoms with van der Waals surface area (Å²) in [7, 11) is 0. The number of rotatable bonds is 8. The maximum atomic E-state index is 5.11. The molecule has 57 heavy (non-hydrogen) atoms. The molecule has 4 nitrogen and oxygen atoms in total. The van der Waals surface area contributed by atoms with Crippen molar-refractivity contribution >= 4 is 21.8 Å². The van der Waals surface area contributed by atoms with Crippen LogP contribution in [0.4, 0.5) is 0 Å². The minimum absolute atomic E-state index is 0.643. The van der Waals surface area contributed by atoms with Gasteiger partial charge >= 0.3 is 0 Å². The van der Waals surface area contributed by atoms with E-state index >= 15 is 0 Å². The van der Waals surface area contributed by atoms with E-state index in [-0.39, 0.29) is 0 Å². The van der Waals surface area contributed by atoms with E-state index in [1.54, 1.807) is 0 Å². The molecule has 0 fully saturated rings. The summed E-state index contributed by atoms with van der Waals surface area (Å²) >= 11 is 0. The number of benzene rings is 8. The minimum Gasteiger partial charge on any atom is -0.309 e. The van der Waals surface area contributed by atoms with E-state index in [1.807, 2.05) is 36.4 Å². The molecule has 0 aliphatic heterocycles. The smallest absolute Gasteiger partial charge is 0.164 e. The Kier molecular flexibility index (Phi) is 8.77. The summed E-state index contributed by atoms with van der Waals surface area (Å²) in [5, 5.41) is 2.52. The molecule has 2 aromatic heterocycles. The van der Waals surface area contributed by atoms with Crippen LogP contribution in [0.5, 0.6) is 0 Å². The van der Waals surface area contributed by atoms with E-state index in [1.165, 1.54) is 49.6 Å². The molecule has 0 aliphatic rings. The fourth-order valence-corrected chi connectivity index (χ4v) is 8.06. The quantitative estimate of drug-likeness (QED) is 0.156. The molecule has 0 saturated carbocycles. The van der Waals surface area contributed by atoms with Crippen LogP contribution in [0.3, 0.4) is 0 Å². The van der Waals surface area contributed by atoms with Crippen LogP contribution in [-0.4, -0.2) is 19.5 Å². The normalized spacial score (nSPS) is 11.3. The minimum atomic E-state index is 0.643. The molecule has 0 N–H and O–H groups in total. The maximum absolute atomic E-state index is 5.11. The van der Waals surface area contributed by atoms with Crippen LogP contribution in [0.25, 0.3) is 83.9 Å². The number of fused-ring (bicyclic) bond motifs is 3. The third kappa shape index (κ3) is 6.58. The number of aromatic nitrogens is 4. The highest BCUT2D eigenvalue weighted by molar-refractivity contribution is 6.09. The fourth-order valence-electron chi connectivity index (χ4n) is 8.06. The molecule has 0 amide bonds. The zero-order chi connectivity index (χ0) is 38.1. The van der Waals surface area contributed by atoms with Gasteiger partial charge in [-0.1, -0.05) is 164 Å². The van der Waals surface area contributed by atoms with Crippen molar-refractivity contribution < 1.29 is 0 Å². The highest BCUT2D eigenvalue weighted by Crippen LogP contribution is 2.37.